The second-order valence-electron chi connectivity index (χ2n) is 4.81. The highest BCUT2D eigenvalue weighted by molar-refractivity contribution is 5.29. The van der Waals surface area contributed by atoms with Crippen LogP contribution in [-0.2, 0) is 4.74 Å². The molecule has 0 unspecified atom stereocenters. The molecule has 1 aromatic carbocycles. The van der Waals surface area contributed by atoms with Crippen molar-refractivity contribution in [2.24, 2.45) is 0 Å². The van der Waals surface area contributed by atoms with Crippen LogP contribution in [0.15, 0.2) is 24.3 Å². The molecule has 1 aromatic rings. The number of aliphatic hydroxyl groups is 1. The van der Waals surface area contributed by atoms with Crippen molar-refractivity contribution in [1.29, 1.82) is 0 Å². The number of aliphatic hydroxyl groups excluding tert-OH is 1. The van der Waals surface area contributed by atoms with E-state index in [1.807, 2.05) is 38.1 Å². The molecule has 0 amide bonds. The molecule has 0 radical (unpaired) electrons. The number of rotatable bonds is 6. The Bertz CT molecular complexity index is 345. The van der Waals surface area contributed by atoms with Crippen molar-refractivity contribution in [2.75, 3.05) is 13.7 Å². The number of hydrogen-bond donors (Lipinski definition) is 1. The second kappa shape index (κ2) is 6.03. The summed E-state index contributed by atoms with van der Waals surface area (Å²) in [7, 11) is 1.70. The average Bonchev–Trinajstić information content (AvgIpc) is 2.29. The van der Waals surface area contributed by atoms with E-state index in [-0.39, 0.29) is 5.60 Å². The summed E-state index contributed by atoms with van der Waals surface area (Å²) in [6.45, 7) is 6.41. The van der Waals surface area contributed by atoms with Crippen molar-refractivity contribution in [1.82, 2.24) is 0 Å². The van der Waals surface area contributed by atoms with Gasteiger partial charge in [-0.3, -0.25) is 0 Å². The van der Waals surface area contributed by atoms with E-state index in [1.54, 1.807) is 14.0 Å². The van der Waals surface area contributed by atoms with Crippen LogP contribution < -0.4 is 4.74 Å². The molecule has 0 aliphatic carbocycles. The molecular weight excluding hydrogens is 216 g/mol. The molecule has 0 aromatic heterocycles. The van der Waals surface area contributed by atoms with E-state index < -0.39 is 6.10 Å². The van der Waals surface area contributed by atoms with E-state index in [2.05, 4.69) is 0 Å². The monoisotopic (exact) mass is 238 g/mol. The molecule has 0 saturated carbocycles. The highest BCUT2D eigenvalue weighted by Gasteiger charge is 2.16. The van der Waals surface area contributed by atoms with Crippen LogP contribution in [0, 0.1) is 0 Å². The molecule has 0 aliphatic rings. The lowest BCUT2D eigenvalue weighted by Gasteiger charge is -2.22. The van der Waals surface area contributed by atoms with Gasteiger partial charge in [-0.1, -0.05) is 12.1 Å². The predicted molar refractivity (Wildman–Crippen MR) is 68.3 cm³/mol. The normalized spacial score (nSPS) is 13.5. The molecule has 96 valence electrons. The van der Waals surface area contributed by atoms with Crippen molar-refractivity contribution in [3.8, 4) is 5.75 Å². The fourth-order valence-electron chi connectivity index (χ4n) is 1.38. The molecule has 1 N–H and O–H groups in total. The third kappa shape index (κ3) is 4.75. The lowest BCUT2D eigenvalue weighted by molar-refractivity contribution is 0.00543. The van der Waals surface area contributed by atoms with Gasteiger partial charge in [0.25, 0.3) is 0 Å². The molecule has 17 heavy (non-hydrogen) atoms. The van der Waals surface area contributed by atoms with Crippen LogP contribution in [0.25, 0.3) is 0 Å². The van der Waals surface area contributed by atoms with Gasteiger partial charge >= 0.3 is 0 Å². The Morgan fingerprint density at radius 2 is 2.06 bits per heavy atom. The van der Waals surface area contributed by atoms with E-state index in [0.29, 0.717) is 6.61 Å². The molecule has 0 heterocycles. The van der Waals surface area contributed by atoms with Gasteiger partial charge in [0, 0.05) is 13.5 Å². The Morgan fingerprint density at radius 1 is 1.35 bits per heavy atom. The minimum atomic E-state index is -0.464. The Balaban J connectivity index is 2.50. The molecule has 1 rings (SSSR count). The van der Waals surface area contributed by atoms with Gasteiger partial charge in [0.15, 0.2) is 0 Å². The third-order valence-corrected chi connectivity index (χ3v) is 2.87. The predicted octanol–water partition coefficient (Wildman–Crippen LogP) is 2.93. The van der Waals surface area contributed by atoms with E-state index in [4.69, 9.17) is 9.47 Å². The van der Waals surface area contributed by atoms with Gasteiger partial charge in [-0.2, -0.15) is 0 Å². The van der Waals surface area contributed by atoms with Gasteiger partial charge in [0.05, 0.1) is 18.3 Å². The molecule has 1 atom stereocenters. The number of methoxy groups -OCH3 is 1. The van der Waals surface area contributed by atoms with Crippen LogP contribution >= 0.6 is 0 Å². The molecule has 0 bridgehead atoms. The Hall–Kier alpha value is -1.06. The summed E-state index contributed by atoms with van der Waals surface area (Å²) < 4.78 is 11.0. The minimum absolute atomic E-state index is 0.165. The van der Waals surface area contributed by atoms with Crippen LogP contribution in [0.2, 0.25) is 0 Å². The van der Waals surface area contributed by atoms with Crippen molar-refractivity contribution >= 4 is 0 Å². The van der Waals surface area contributed by atoms with Crippen LogP contribution in [0.1, 0.15) is 38.9 Å². The first-order chi connectivity index (χ1) is 7.94. The molecule has 0 aliphatic heterocycles. The third-order valence-electron chi connectivity index (χ3n) is 2.87. The molecule has 3 nitrogen and oxygen atoms in total. The van der Waals surface area contributed by atoms with Crippen LogP contribution in [-0.4, -0.2) is 24.4 Å². The highest BCUT2D eigenvalue weighted by atomic mass is 16.5. The molecule has 0 fully saturated rings. The van der Waals surface area contributed by atoms with Crippen molar-refractivity contribution < 1.29 is 14.6 Å². The van der Waals surface area contributed by atoms with Crippen LogP contribution in [0.3, 0.4) is 0 Å². The first-order valence-corrected chi connectivity index (χ1v) is 5.90. The summed E-state index contributed by atoms with van der Waals surface area (Å²) in [5.74, 6) is 0.787. The first kappa shape index (κ1) is 14.0. The topological polar surface area (TPSA) is 38.7 Å². The standard InChI is InChI=1S/C14H22O3/c1-11(15)12-6-5-7-13(10-12)17-9-8-14(2,3)16-4/h5-7,10-11,15H,8-9H2,1-4H3/t11-/m1/s1. The summed E-state index contributed by atoms with van der Waals surface area (Å²) in [6, 6.07) is 7.53. The van der Waals surface area contributed by atoms with Crippen molar-refractivity contribution in [2.45, 2.75) is 38.9 Å². The zero-order chi connectivity index (χ0) is 12.9. The van der Waals surface area contributed by atoms with E-state index in [1.165, 1.54) is 0 Å². The molecule has 3 heteroatoms. The summed E-state index contributed by atoms with van der Waals surface area (Å²) >= 11 is 0. The van der Waals surface area contributed by atoms with E-state index >= 15 is 0 Å². The molecule has 0 saturated heterocycles. The summed E-state index contributed by atoms with van der Waals surface area (Å²) in [5, 5.41) is 9.47. The van der Waals surface area contributed by atoms with Gasteiger partial charge < -0.3 is 14.6 Å². The van der Waals surface area contributed by atoms with Gasteiger partial charge in [0.2, 0.25) is 0 Å². The maximum atomic E-state index is 9.47. The Morgan fingerprint density at radius 3 is 2.65 bits per heavy atom. The average molecular weight is 238 g/mol. The number of hydrogen-bond acceptors (Lipinski definition) is 3. The van der Waals surface area contributed by atoms with Gasteiger partial charge in [-0.15, -0.1) is 0 Å². The summed E-state index contributed by atoms with van der Waals surface area (Å²) in [5.41, 5.74) is 0.704. The quantitative estimate of drug-likeness (QED) is 0.828. The summed E-state index contributed by atoms with van der Waals surface area (Å²) in [4.78, 5) is 0. The highest BCUT2D eigenvalue weighted by Crippen LogP contribution is 2.20. The lowest BCUT2D eigenvalue weighted by atomic mass is 10.1. The SMILES string of the molecule is COC(C)(C)CCOc1cccc([C@@H](C)O)c1. The van der Waals surface area contributed by atoms with Gasteiger partial charge in [0.1, 0.15) is 5.75 Å². The minimum Gasteiger partial charge on any atom is -0.493 e. The van der Waals surface area contributed by atoms with Crippen molar-refractivity contribution in [3.05, 3.63) is 29.8 Å². The number of benzene rings is 1. The van der Waals surface area contributed by atoms with E-state index in [0.717, 1.165) is 17.7 Å². The van der Waals surface area contributed by atoms with Crippen molar-refractivity contribution in [3.63, 3.8) is 0 Å². The van der Waals surface area contributed by atoms with Gasteiger partial charge in [-0.05, 0) is 38.5 Å². The van der Waals surface area contributed by atoms with Gasteiger partial charge in [-0.25, -0.2) is 0 Å². The second-order valence-corrected chi connectivity index (χ2v) is 4.81. The summed E-state index contributed by atoms with van der Waals surface area (Å²) in [6.07, 6.45) is 0.358. The maximum Gasteiger partial charge on any atom is 0.119 e. The largest absolute Gasteiger partial charge is 0.493 e. The molecule has 0 spiro atoms. The fourth-order valence-corrected chi connectivity index (χ4v) is 1.38. The smallest absolute Gasteiger partial charge is 0.119 e. The first-order valence-electron chi connectivity index (χ1n) is 5.90. The fraction of sp³-hybridized carbons (Fsp3) is 0.571. The Kier molecular flexibility index (Phi) is 4.97. The number of ether oxygens (including phenoxy) is 2. The zero-order valence-corrected chi connectivity index (χ0v) is 11.1. The zero-order valence-electron chi connectivity index (χ0n) is 11.1. The Labute approximate surface area is 103 Å². The van der Waals surface area contributed by atoms with E-state index in [9.17, 15) is 5.11 Å². The van der Waals surface area contributed by atoms with Crippen LogP contribution in [0.5, 0.6) is 5.75 Å². The van der Waals surface area contributed by atoms with Crippen LogP contribution in [0.4, 0.5) is 0 Å². The lowest BCUT2D eigenvalue weighted by Crippen LogP contribution is -2.25. The molecular formula is C14H22O3. The maximum absolute atomic E-state index is 9.47.